The lowest BCUT2D eigenvalue weighted by Crippen LogP contribution is -2.36. The maximum absolute atomic E-state index is 12.3. The lowest BCUT2D eigenvalue weighted by Gasteiger charge is -2.23. The standard InChI is InChI=1S/C17H26O3/c1-3-5-7-8-12-17(13-10-11-15(17)18)16(19)20-14-9-6-4-2/h6-9H,3-5,10-14H2,1-2H3. The molecule has 0 heterocycles. The highest BCUT2D eigenvalue weighted by Crippen LogP contribution is 2.39. The Hall–Kier alpha value is -1.38. The lowest BCUT2D eigenvalue weighted by atomic mass is 9.81. The molecule has 0 aromatic carbocycles. The lowest BCUT2D eigenvalue weighted by molar-refractivity contribution is -0.157. The third kappa shape index (κ3) is 4.32. The summed E-state index contributed by atoms with van der Waals surface area (Å²) in [5, 5.41) is 0. The molecule has 0 radical (unpaired) electrons. The predicted octanol–water partition coefficient (Wildman–Crippen LogP) is 3.98. The molecule has 1 unspecified atom stereocenters. The Bertz CT molecular complexity index is 382. The molecule has 1 saturated carbocycles. The van der Waals surface area contributed by atoms with Crippen molar-refractivity contribution in [3.8, 4) is 0 Å². The molecule has 1 aliphatic rings. The van der Waals surface area contributed by atoms with Crippen LogP contribution >= 0.6 is 0 Å². The molecule has 20 heavy (non-hydrogen) atoms. The van der Waals surface area contributed by atoms with Gasteiger partial charge in [-0.3, -0.25) is 9.59 Å². The van der Waals surface area contributed by atoms with Crippen LogP contribution in [0.4, 0.5) is 0 Å². The number of carbonyl (C=O) groups is 2. The van der Waals surface area contributed by atoms with Crippen LogP contribution in [0.25, 0.3) is 0 Å². The highest BCUT2D eigenvalue weighted by molar-refractivity contribution is 6.05. The van der Waals surface area contributed by atoms with Crippen molar-refractivity contribution in [1.29, 1.82) is 0 Å². The molecule has 0 aliphatic heterocycles. The average Bonchev–Trinajstić information content (AvgIpc) is 2.82. The summed E-state index contributed by atoms with van der Waals surface area (Å²) in [4.78, 5) is 24.4. The van der Waals surface area contributed by atoms with Gasteiger partial charge in [0.25, 0.3) is 0 Å². The van der Waals surface area contributed by atoms with E-state index in [1.54, 1.807) is 0 Å². The Morgan fingerprint density at radius 3 is 2.65 bits per heavy atom. The van der Waals surface area contributed by atoms with E-state index in [0.29, 0.717) is 19.3 Å². The highest BCUT2D eigenvalue weighted by atomic mass is 16.5. The number of Topliss-reactive ketones (excluding diaryl/α,β-unsaturated/α-hetero) is 1. The first-order valence-electron chi connectivity index (χ1n) is 7.68. The third-order valence-electron chi connectivity index (χ3n) is 3.73. The maximum atomic E-state index is 12.3. The molecular formula is C17H26O3. The zero-order valence-electron chi connectivity index (χ0n) is 12.7. The quantitative estimate of drug-likeness (QED) is 0.383. The first-order valence-corrected chi connectivity index (χ1v) is 7.68. The Morgan fingerprint density at radius 2 is 2.05 bits per heavy atom. The summed E-state index contributed by atoms with van der Waals surface area (Å²) in [6.45, 7) is 4.40. The van der Waals surface area contributed by atoms with Crippen molar-refractivity contribution in [2.24, 2.45) is 5.41 Å². The fourth-order valence-electron chi connectivity index (χ4n) is 2.51. The predicted molar refractivity (Wildman–Crippen MR) is 80.3 cm³/mol. The number of hydrogen-bond acceptors (Lipinski definition) is 3. The van der Waals surface area contributed by atoms with Crippen LogP contribution in [0.2, 0.25) is 0 Å². The van der Waals surface area contributed by atoms with Crippen molar-refractivity contribution in [2.45, 2.75) is 58.8 Å². The van der Waals surface area contributed by atoms with Gasteiger partial charge in [0, 0.05) is 6.42 Å². The molecule has 0 N–H and O–H groups in total. The van der Waals surface area contributed by atoms with Crippen LogP contribution in [0.15, 0.2) is 24.3 Å². The minimum absolute atomic E-state index is 0.0446. The summed E-state index contributed by atoms with van der Waals surface area (Å²) in [6, 6.07) is 0. The van der Waals surface area contributed by atoms with E-state index in [1.165, 1.54) is 0 Å². The van der Waals surface area contributed by atoms with Crippen LogP contribution in [-0.4, -0.2) is 18.4 Å². The van der Waals surface area contributed by atoms with Gasteiger partial charge in [-0.25, -0.2) is 0 Å². The van der Waals surface area contributed by atoms with Crippen LogP contribution in [0.3, 0.4) is 0 Å². The van der Waals surface area contributed by atoms with Gasteiger partial charge < -0.3 is 4.74 Å². The highest BCUT2D eigenvalue weighted by Gasteiger charge is 2.48. The summed E-state index contributed by atoms with van der Waals surface area (Å²) in [6.07, 6.45) is 13.2. The van der Waals surface area contributed by atoms with Gasteiger partial charge >= 0.3 is 5.97 Å². The topological polar surface area (TPSA) is 43.4 Å². The minimum atomic E-state index is -0.912. The van der Waals surface area contributed by atoms with Gasteiger partial charge in [0.2, 0.25) is 0 Å². The minimum Gasteiger partial charge on any atom is -0.461 e. The average molecular weight is 278 g/mol. The van der Waals surface area contributed by atoms with Crippen molar-refractivity contribution < 1.29 is 14.3 Å². The number of rotatable bonds is 8. The Kier molecular flexibility index (Phi) is 7.27. The normalized spacial score (nSPS) is 23.0. The molecule has 0 spiro atoms. The van der Waals surface area contributed by atoms with E-state index in [1.807, 2.05) is 25.2 Å². The molecule has 0 amide bonds. The molecule has 1 fully saturated rings. The van der Waals surface area contributed by atoms with Gasteiger partial charge in [-0.1, -0.05) is 44.6 Å². The number of hydrogen-bond donors (Lipinski definition) is 0. The molecular weight excluding hydrogens is 252 g/mol. The number of allylic oxidation sites excluding steroid dienone is 3. The van der Waals surface area contributed by atoms with Gasteiger partial charge in [0.15, 0.2) is 5.78 Å². The molecule has 1 aliphatic carbocycles. The van der Waals surface area contributed by atoms with Crippen LogP contribution in [0.5, 0.6) is 0 Å². The molecule has 3 nitrogen and oxygen atoms in total. The van der Waals surface area contributed by atoms with Crippen LogP contribution in [0, 0.1) is 5.41 Å². The zero-order valence-corrected chi connectivity index (χ0v) is 12.7. The molecule has 1 rings (SSSR count). The van der Waals surface area contributed by atoms with Crippen LogP contribution in [0.1, 0.15) is 58.8 Å². The van der Waals surface area contributed by atoms with E-state index in [4.69, 9.17) is 4.74 Å². The molecule has 1 atom stereocenters. The number of carbonyl (C=O) groups excluding carboxylic acids is 2. The Balaban J connectivity index is 2.65. The van der Waals surface area contributed by atoms with Gasteiger partial charge in [-0.15, -0.1) is 0 Å². The van der Waals surface area contributed by atoms with E-state index >= 15 is 0 Å². The SMILES string of the molecule is CCC=CCOC(=O)C1(CC=CCCC)CCCC1=O. The van der Waals surface area contributed by atoms with Crippen molar-refractivity contribution in [3.63, 3.8) is 0 Å². The molecule has 3 heteroatoms. The van der Waals surface area contributed by atoms with E-state index in [9.17, 15) is 9.59 Å². The van der Waals surface area contributed by atoms with E-state index in [2.05, 4.69) is 13.0 Å². The van der Waals surface area contributed by atoms with Gasteiger partial charge in [0.1, 0.15) is 12.0 Å². The van der Waals surface area contributed by atoms with Gasteiger partial charge in [-0.05, 0) is 32.1 Å². The monoisotopic (exact) mass is 278 g/mol. The fourth-order valence-corrected chi connectivity index (χ4v) is 2.51. The first kappa shape index (κ1) is 16.7. The number of ether oxygens (including phenoxy) is 1. The van der Waals surface area contributed by atoms with Crippen LogP contribution in [-0.2, 0) is 14.3 Å². The van der Waals surface area contributed by atoms with Crippen molar-refractivity contribution in [2.75, 3.05) is 6.61 Å². The van der Waals surface area contributed by atoms with Crippen molar-refractivity contribution in [3.05, 3.63) is 24.3 Å². The maximum Gasteiger partial charge on any atom is 0.320 e. The van der Waals surface area contributed by atoms with Crippen LogP contribution < -0.4 is 0 Å². The number of esters is 1. The Morgan fingerprint density at radius 1 is 1.25 bits per heavy atom. The smallest absolute Gasteiger partial charge is 0.320 e. The Labute approximate surface area is 122 Å². The first-order chi connectivity index (χ1) is 9.67. The van der Waals surface area contributed by atoms with Crippen molar-refractivity contribution in [1.82, 2.24) is 0 Å². The molecule has 112 valence electrons. The zero-order chi connectivity index (χ0) is 14.8. The summed E-state index contributed by atoms with van der Waals surface area (Å²) in [5.74, 6) is -0.301. The second-order valence-corrected chi connectivity index (χ2v) is 5.30. The molecule has 0 bridgehead atoms. The summed E-state index contributed by atoms with van der Waals surface area (Å²) in [5.41, 5.74) is -0.912. The molecule has 0 aromatic heterocycles. The molecule has 0 aromatic rings. The van der Waals surface area contributed by atoms with Crippen molar-refractivity contribution >= 4 is 11.8 Å². The van der Waals surface area contributed by atoms with E-state index in [0.717, 1.165) is 25.7 Å². The molecule has 0 saturated heterocycles. The number of unbranched alkanes of at least 4 members (excludes halogenated alkanes) is 1. The second kappa shape index (κ2) is 8.72. The largest absolute Gasteiger partial charge is 0.461 e. The van der Waals surface area contributed by atoms with E-state index in [-0.39, 0.29) is 18.4 Å². The number of ketones is 1. The summed E-state index contributed by atoms with van der Waals surface area (Å²) >= 11 is 0. The van der Waals surface area contributed by atoms with Gasteiger partial charge in [0.05, 0.1) is 0 Å². The third-order valence-corrected chi connectivity index (χ3v) is 3.73. The van der Waals surface area contributed by atoms with E-state index < -0.39 is 5.41 Å². The summed E-state index contributed by atoms with van der Waals surface area (Å²) in [7, 11) is 0. The van der Waals surface area contributed by atoms with Gasteiger partial charge in [-0.2, -0.15) is 0 Å². The second-order valence-electron chi connectivity index (χ2n) is 5.30. The summed E-state index contributed by atoms with van der Waals surface area (Å²) < 4.78 is 5.28. The fraction of sp³-hybridized carbons (Fsp3) is 0.647.